The molecule has 2 aromatic carbocycles. The monoisotopic (exact) mass is 404 g/mol. The topological polar surface area (TPSA) is 49.4 Å². The number of nitrogens with one attached hydrogen (secondary N) is 1. The van der Waals surface area contributed by atoms with Crippen molar-refractivity contribution in [1.82, 2.24) is 10.2 Å². The lowest BCUT2D eigenvalue weighted by atomic mass is 10.1. The van der Waals surface area contributed by atoms with Gasteiger partial charge in [0.2, 0.25) is 11.8 Å². The smallest absolute Gasteiger partial charge is 0.242 e. The van der Waals surface area contributed by atoms with E-state index in [0.29, 0.717) is 29.5 Å². The Morgan fingerprint density at radius 1 is 1.11 bits per heavy atom. The molecule has 0 aliphatic heterocycles. The van der Waals surface area contributed by atoms with Crippen LogP contribution >= 0.6 is 23.4 Å². The van der Waals surface area contributed by atoms with Crippen LogP contribution in [0.2, 0.25) is 5.02 Å². The molecule has 27 heavy (non-hydrogen) atoms. The van der Waals surface area contributed by atoms with Crippen molar-refractivity contribution in [3.05, 3.63) is 70.7 Å². The average Bonchev–Trinajstić information content (AvgIpc) is 2.68. The van der Waals surface area contributed by atoms with E-state index >= 15 is 0 Å². The minimum atomic E-state index is -0.477. The molecule has 144 valence electrons. The van der Waals surface area contributed by atoms with Crippen molar-refractivity contribution in [2.24, 2.45) is 0 Å². The number of nitrogens with zero attached hydrogens (tertiary/aromatic N) is 1. The SMILES string of the molecule is CC[C@H](C(=O)NC)N(Cc1ccccc1)C(=O)CSCc1cccc(Cl)c1. The van der Waals surface area contributed by atoms with E-state index in [-0.39, 0.29) is 11.8 Å². The third-order valence-electron chi connectivity index (χ3n) is 4.21. The normalized spacial score (nSPS) is 11.7. The number of carbonyl (C=O) groups is 2. The van der Waals surface area contributed by atoms with Crippen LogP contribution in [-0.4, -0.2) is 35.6 Å². The third kappa shape index (κ3) is 6.60. The van der Waals surface area contributed by atoms with Gasteiger partial charge >= 0.3 is 0 Å². The molecule has 0 radical (unpaired) electrons. The van der Waals surface area contributed by atoms with Gasteiger partial charge in [-0.3, -0.25) is 9.59 Å². The molecule has 4 nitrogen and oxygen atoms in total. The second kappa shape index (κ2) is 11.0. The standard InChI is InChI=1S/C21H25ClN2O2S/c1-3-19(21(26)23-2)24(13-16-8-5-4-6-9-16)20(25)15-27-14-17-10-7-11-18(22)12-17/h4-12,19H,3,13-15H2,1-2H3,(H,23,26)/t19-/m1/s1. The minimum Gasteiger partial charge on any atom is -0.357 e. The van der Waals surface area contributed by atoms with Gasteiger partial charge in [-0.15, -0.1) is 11.8 Å². The Morgan fingerprint density at radius 3 is 2.44 bits per heavy atom. The van der Waals surface area contributed by atoms with E-state index in [1.165, 1.54) is 11.8 Å². The van der Waals surface area contributed by atoms with Gasteiger partial charge in [-0.1, -0.05) is 61.0 Å². The van der Waals surface area contributed by atoms with Crippen molar-refractivity contribution in [2.75, 3.05) is 12.8 Å². The third-order valence-corrected chi connectivity index (χ3v) is 5.43. The number of amides is 2. The summed E-state index contributed by atoms with van der Waals surface area (Å²) in [4.78, 5) is 26.9. The maximum Gasteiger partial charge on any atom is 0.242 e. The summed E-state index contributed by atoms with van der Waals surface area (Å²) in [6, 6.07) is 16.9. The molecule has 2 aromatic rings. The molecular weight excluding hydrogens is 380 g/mol. The summed E-state index contributed by atoms with van der Waals surface area (Å²) < 4.78 is 0. The molecule has 0 aliphatic carbocycles. The Kier molecular flexibility index (Phi) is 8.69. The summed E-state index contributed by atoms with van der Waals surface area (Å²) >= 11 is 7.54. The summed E-state index contributed by atoms with van der Waals surface area (Å²) in [6.45, 7) is 2.34. The number of likely N-dealkylation sites (N-methyl/N-ethyl adjacent to an activating group) is 1. The molecule has 1 N–H and O–H groups in total. The van der Waals surface area contributed by atoms with E-state index in [0.717, 1.165) is 11.1 Å². The lowest BCUT2D eigenvalue weighted by Gasteiger charge is -2.30. The van der Waals surface area contributed by atoms with Gasteiger partial charge in [-0.05, 0) is 29.7 Å². The Balaban J connectivity index is 2.06. The van der Waals surface area contributed by atoms with Crippen LogP contribution in [0.3, 0.4) is 0 Å². The molecule has 0 aromatic heterocycles. The van der Waals surface area contributed by atoms with Gasteiger partial charge in [0, 0.05) is 24.4 Å². The first-order chi connectivity index (χ1) is 13.0. The van der Waals surface area contributed by atoms with E-state index in [4.69, 9.17) is 11.6 Å². The number of thioether (sulfide) groups is 1. The fraction of sp³-hybridized carbons (Fsp3) is 0.333. The molecule has 2 rings (SSSR count). The zero-order valence-electron chi connectivity index (χ0n) is 15.7. The average molecular weight is 405 g/mol. The fourth-order valence-corrected chi connectivity index (χ4v) is 3.90. The number of halogens is 1. The highest BCUT2D eigenvalue weighted by molar-refractivity contribution is 7.99. The summed E-state index contributed by atoms with van der Waals surface area (Å²) in [5.41, 5.74) is 2.08. The first-order valence-corrected chi connectivity index (χ1v) is 10.5. The number of hydrogen-bond donors (Lipinski definition) is 1. The zero-order valence-corrected chi connectivity index (χ0v) is 17.2. The number of hydrogen-bond acceptors (Lipinski definition) is 3. The Bertz CT molecular complexity index is 755. The highest BCUT2D eigenvalue weighted by atomic mass is 35.5. The number of benzene rings is 2. The largest absolute Gasteiger partial charge is 0.357 e. The van der Waals surface area contributed by atoms with Gasteiger partial charge in [-0.25, -0.2) is 0 Å². The summed E-state index contributed by atoms with van der Waals surface area (Å²) in [6.07, 6.45) is 0.567. The van der Waals surface area contributed by atoms with Crippen molar-refractivity contribution in [1.29, 1.82) is 0 Å². The van der Waals surface area contributed by atoms with Crippen molar-refractivity contribution >= 4 is 35.2 Å². The molecule has 2 amide bonds. The first kappa shape index (κ1) is 21.3. The van der Waals surface area contributed by atoms with Crippen molar-refractivity contribution in [3.63, 3.8) is 0 Å². The van der Waals surface area contributed by atoms with Crippen LogP contribution in [0.4, 0.5) is 0 Å². The Labute approximate surface area is 170 Å². The maximum absolute atomic E-state index is 12.9. The van der Waals surface area contributed by atoms with E-state index in [9.17, 15) is 9.59 Å². The van der Waals surface area contributed by atoms with Crippen LogP contribution < -0.4 is 5.32 Å². The van der Waals surface area contributed by atoms with Crippen LogP contribution in [0.25, 0.3) is 0 Å². The molecule has 0 heterocycles. The molecule has 1 atom stereocenters. The van der Waals surface area contributed by atoms with Crippen LogP contribution in [0.5, 0.6) is 0 Å². The quantitative estimate of drug-likeness (QED) is 0.683. The Hall–Kier alpha value is -1.98. The molecule has 0 saturated heterocycles. The van der Waals surface area contributed by atoms with Crippen LogP contribution in [0.1, 0.15) is 24.5 Å². The molecule has 0 fully saturated rings. The van der Waals surface area contributed by atoms with E-state index < -0.39 is 6.04 Å². The van der Waals surface area contributed by atoms with Crippen molar-refractivity contribution in [2.45, 2.75) is 31.7 Å². The highest BCUT2D eigenvalue weighted by Gasteiger charge is 2.27. The summed E-state index contributed by atoms with van der Waals surface area (Å²) in [7, 11) is 1.60. The second-order valence-electron chi connectivity index (χ2n) is 6.17. The molecule has 0 bridgehead atoms. The highest BCUT2D eigenvalue weighted by Crippen LogP contribution is 2.19. The van der Waals surface area contributed by atoms with Crippen molar-refractivity contribution < 1.29 is 9.59 Å². The molecule has 0 spiro atoms. The maximum atomic E-state index is 12.9. The number of carbonyl (C=O) groups excluding carboxylic acids is 2. The van der Waals surface area contributed by atoms with Gasteiger partial charge in [0.15, 0.2) is 0 Å². The Morgan fingerprint density at radius 2 is 1.81 bits per heavy atom. The first-order valence-electron chi connectivity index (χ1n) is 8.92. The van der Waals surface area contributed by atoms with Gasteiger partial charge < -0.3 is 10.2 Å². The molecular formula is C21H25ClN2O2S. The van der Waals surface area contributed by atoms with Crippen LogP contribution in [-0.2, 0) is 21.9 Å². The zero-order chi connectivity index (χ0) is 19.6. The van der Waals surface area contributed by atoms with Gasteiger partial charge in [0.1, 0.15) is 6.04 Å². The fourth-order valence-electron chi connectivity index (χ4n) is 2.83. The molecule has 6 heteroatoms. The predicted octanol–water partition coefficient (Wildman–Crippen LogP) is 4.13. The van der Waals surface area contributed by atoms with E-state index in [2.05, 4.69) is 5.32 Å². The van der Waals surface area contributed by atoms with Gasteiger partial charge in [0.25, 0.3) is 0 Å². The van der Waals surface area contributed by atoms with Gasteiger partial charge in [0.05, 0.1) is 5.75 Å². The van der Waals surface area contributed by atoms with E-state index in [1.54, 1.807) is 11.9 Å². The van der Waals surface area contributed by atoms with E-state index in [1.807, 2.05) is 61.5 Å². The second-order valence-corrected chi connectivity index (χ2v) is 7.59. The summed E-state index contributed by atoms with van der Waals surface area (Å²) in [5.74, 6) is 0.831. The van der Waals surface area contributed by atoms with Gasteiger partial charge in [-0.2, -0.15) is 0 Å². The molecule has 0 saturated carbocycles. The lowest BCUT2D eigenvalue weighted by molar-refractivity contribution is -0.139. The molecule has 0 unspecified atom stereocenters. The number of rotatable bonds is 9. The summed E-state index contributed by atoms with van der Waals surface area (Å²) in [5, 5.41) is 3.36. The lowest BCUT2D eigenvalue weighted by Crippen LogP contribution is -2.48. The van der Waals surface area contributed by atoms with Crippen LogP contribution in [0.15, 0.2) is 54.6 Å². The minimum absolute atomic E-state index is 0.0404. The van der Waals surface area contributed by atoms with Crippen molar-refractivity contribution in [3.8, 4) is 0 Å². The molecule has 0 aliphatic rings. The van der Waals surface area contributed by atoms with Crippen LogP contribution in [0, 0.1) is 0 Å². The predicted molar refractivity (Wildman–Crippen MR) is 113 cm³/mol.